The zero-order chi connectivity index (χ0) is 19.3. The maximum atomic E-state index is 12.3. The van der Waals surface area contributed by atoms with E-state index in [2.05, 4.69) is 15.6 Å². The number of rotatable bonds is 6. The number of ether oxygens (including phenoxy) is 1. The van der Waals surface area contributed by atoms with Crippen molar-refractivity contribution in [2.24, 2.45) is 5.92 Å². The first kappa shape index (κ1) is 22.1. The monoisotopic (exact) mass is 425 g/mol. The van der Waals surface area contributed by atoms with Crippen molar-refractivity contribution in [1.29, 1.82) is 0 Å². The Bertz CT molecular complexity index is 915. The van der Waals surface area contributed by atoms with Gasteiger partial charge >= 0.3 is 0 Å². The molecule has 1 amide bonds. The largest absolute Gasteiger partial charge is 0.439 e. The van der Waals surface area contributed by atoms with Crippen LogP contribution in [0.15, 0.2) is 47.5 Å². The molecule has 0 bridgehead atoms. The molecule has 0 saturated carbocycles. The van der Waals surface area contributed by atoms with Crippen LogP contribution in [0, 0.1) is 5.92 Å². The van der Waals surface area contributed by atoms with E-state index in [-0.39, 0.29) is 29.1 Å². The van der Waals surface area contributed by atoms with Gasteiger partial charge in [0.1, 0.15) is 5.75 Å². The summed E-state index contributed by atoms with van der Waals surface area (Å²) < 4.78 is 29.2. The standard InChI is InChI=1S/C19H23N3O4S.ClH/c1-27(24,25)17-6-2-5-16(12-17)26-19-15(4-3-9-21-19)13-22-18(23)14-7-10-20-11-8-14;/h2-6,9,12,14,20H,7-8,10-11,13H2,1H3,(H,22,23);1H. The minimum Gasteiger partial charge on any atom is -0.439 e. The summed E-state index contributed by atoms with van der Waals surface area (Å²) in [5, 5.41) is 6.19. The van der Waals surface area contributed by atoms with Crippen molar-refractivity contribution in [2.45, 2.75) is 24.3 Å². The average Bonchev–Trinajstić information content (AvgIpc) is 2.67. The predicted molar refractivity (Wildman–Crippen MR) is 109 cm³/mol. The lowest BCUT2D eigenvalue weighted by Gasteiger charge is -2.22. The first-order chi connectivity index (χ1) is 12.9. The molecule has 9 heteroatoms. The summed E-state index contributed by atoms with van der Waals surface area (Å²) in [5.41, 5.74) is 0.726. The number of amides is 1. The summed E-state index contributed by atoms with van der Waals surface area (Å²) in [4.78, 5) is 16.7. The molecular formula is C19H24ClN3O4S. The fourth-order valence-electron chi connectivity index (χ4n) is 2.94. The van der Waals surface area contributed by atoms with E-state index < -0.39 is 9.84 Å². The van der Waals surface area contributed by atoms with Crippen LogP contribution in [0.2, 0.25) is 0 Å². The van der Waals surface area contributed by atoms with Crippen molar-refractivity contribution in [2.75, 3.05) is 19.3 Å². The molecule has 3 rings (SSSR count). The first-order valence-corrected chi connectivity index (χ1v) is 10.7. The zero-order valence-electron chi connectivity index (χ0n) is 15.6. The van der Waals surface area contributed by atoms with E-state index in [1.54, 1.807) is 24.4 Å². The van der Waals surface area contributed by atoms with E-state index in [0.717, 1.165) is 37.8 Å². The van der Waals surface area contributed by atoms with Gasteiger partial charge in [-0.15, -0.1) is 12.4 Å². The van der Waals surface area contributed by atoms with Crippen molar-refractivity contribution in [3.63, 3.8) is 0 Å². The van der Waals surface area contributed by atoms with Gasteiger partial charge in [0, 0.05) is 30.5 Å². The lowest BCUT2D eigenvalue weighted by Crippen LogP contribution is -2.37. The van der Waals surface area contributed by atoms with Crippen LogP contribution in [-0.2, 0) is 21.2 Å². The topological polar surface area (TPSA) is 97.4 Å². The molecule has 2 aromatic rings. The number of nitrogens with zero attached hydrogens (tertiary/aromatic N) is 1. The molecule has 152 valence electrons. The van der Waals surface area contributed by atoms with Gasteiger partial charge in [-0.05, 0) is 50.2 Å². The molecular weight excluding hydrogens is 402 g/mol. The number of pyridine rings is 1. The third-order valence-corrected chi connectivity index (χ3v) is 5.57. The third-order valence-electron chi connectivity index (χ3n) is 4.46. The maximum absolute atomic E-state index is 12.3. The second kappa shape index (κ2) is 9.86. The SMILES string of the molecule is CS(=O)(=O)c1cccc(Oc2ncccc2CNC(=O)C2CCNCC2)c1.Cl. The van der Waals surface area contributed by atoms with E-state index in [4.69, 9.17) is 4.74 Å². The lowest BCUT2D eigenvalue weighted by atomic mass is 9.97. The summed E-state index contributed by atoms with van der Waals surface area (Å²) >= 11 is 0. The van der Waals surface area contributed by atoms with Gasteiger partial charge in [0.25, 0.3) is 0 Å². The fourth-order valence-corrected chi connectivity index (χ4v) is 3.60. The van der Waals surface area contributed by atoms with Crippen LogP contribution in [-0.4, -0.2) is 38.7 Å². The Kier molecular flexibility index (Phi) is 7.79. The van der Waals surface area contributed by atoms with Gasteiger partial charge in [-0.2, -0.15) is 0 Å². The Hall–Kier alpha value is -2.16. The smallest absolute Gasteiger partial charge is 0.224 e. The molecule has 28 heavy (non-hydrogen) atoms. The van der Waals surface area contributed by atoms with Crippen LogP contribution in [0.1, 0.15) is 18.4 Å². The summed E-state index contributed by atoms with van der Waals surface area (Å²) in [7, 11) is -3.32. The van der Waals surface area contributed by atoms with Gasteiger partial charge in [0.15, 0.2) is 9.84 Å². The van der Waals surface area contributed by atoms with Crippen molar-refractivity contribution in [1.82, 2.24) is 15.6 Å². The number of hydrogen-bond donors (Lipinski definition) is 2. The highest BCUT2D eigenvalue weighted by Crippen LogP contribution is 2.25. The molecule has 0 unspecified atom stereocenters. The molecule has 0 aliphatic carbocycles. The molecule has 1 aromatic carbocycles. The molecule has 2 N–H and O–H groups in total. The van der Waals surface area contributed by atoms with E-state index in [1.807, 2.05) is 6.07 Å². The molecule has 0 spiro atoms. The highest BCUT2D eigenvalue weighted by Gasteiger charge is 2.21. The van der Waals surface area contributed by atoms with Gasteiger partial charge in [-0.3, -0.25) is 4.79 Å². The second-order valence-electron chi connectivity index (χ2n) is 6.56. The highest BCUT2D eigenvalue weighted by molar-refractivity contribution is 7.90. The number of benzene rings is 1. The fraction of sp³-hybridized carbons (Fsp3) is 0.368. The van der Waals surface area contributed by atoms with Crippen LogP contribution in [0.5, 0.6) is 11.6 Å². The molecule has 1 saturated heterocycles. The van der Waals surface area contributed by atoms with E-state index >= 15 is 0 Å². The van der Waals surface area contributed by atoms with Crippen LogP contribution >= 0.6 is 12.4 Å². The Balaban J connectivity index is 0.00000280. The number of carbonyl (C=O) groups excluding carboxylic acids is 1. The Morgan fingerprint density at radius 3 is 2.71 bits per heavy atom. The number of nitrogens with one attached hydrogen (secondary N) is 2. The zero-order valence-corrected chi connectivity index (χ0v) is 17.2. The van der Waals surface area contributed by atoms with Crippen molar-refractivity contribution < 1.29 is 17.9 Å². The average molecular weight is 426 g/mol. The Morgan fingerprint density at radius 1 is 1.25 bits per heavy atom. The van der Waals surface area contributed by atoms with Crippen LogP contribution in [0.25, 0.3) is 0 Å². The minimum absolute atomic E-state index is 0. The van der Waals surface area contributed by atoms with Gasteiger partial charge in [0.2, 0.25) is 11.8 Å². The Morgan fingerprint density at radius 2 is 2.00 bits per heavy atom. The van der Waals surface area contributed by atoms with Crippen molar-refractivity contribution in [3.05, 3.63) is 48.2 Å². The molecule has 1 aromatic heterocycles. The number of aromatic nitrogens is 1. The number of hydrogen-bond acceptors (Lipinski definition) is 6. The van der Waals surface area contributed by atoms with Gasteiger partial charge < -0.3 is 15.4 Å². The van der Waals surface area contributed by atoms with Crippen LogP contribution in [0.3, 0.4) is 0 Å². The first-order valence-electron chi connectivity index (χ1n) is 8.84. The van der Waals surface area contributed by atoms with Gasteiger partial charge in [0.05, 0.1) is 4.90 Å². The summed E-state index contributed by atoms with van der Waals surface area (Å²) in [5.74, 6) is 0.778. The van der Waals surface area contributed by atoms with E-state index in [1.165, 1.54) is 12.1 Å². The third kappa shape index (κ3) is 5.92. The second-order valence-corrected chi connectivity index (χ2v) is 8.57. The number of piperidine rings is 1. The molecule has 7 nitrogen and oxygen atoms in total. The Labute approximate surface area is 171 Å². The highest BCUT2D eigenvalue weighted by atomic mass is 35.5. The quantitative estimate of drug-likeness (QED) is 0.737. The number of sulfone groups is 1. The minimum atomic E-state index is -3.32. The molecule has 1 aliphatic rings. The molecule has 1 fully saturated rings. The normalized spacial score (nSPS) is 14.8. The molecule has 1 aliphatic heterocycles. The van der Waals surface area contributed by atoms with E-state index in [9.17, 15) is 13.2 Å². The summed E-state index contributed by atoms with van der Waals surface area (Å²) in [6, 6.07) is 9.85. The predicted octanol–water partition coefficient (Wildman–Crippen LogP) is 2.32. The van der Waals surface area contributed by atoms with Crippen LogP contribution < -0.4 is 15.4 Å². The number of carbonyl (C=O) groups is 1. The molecule has 0 atom stereocenters. The van der Waals surface area contributed by atoms with Crippen LogP contribution in [0.4, 0.5) is 0 Å². The van der Waals surface area contributed by atoms with Crippen molar-refractivity contribution >= 4 is 28.2 Å². The lowest BCUT2D eigenvalue weighted by molar-refractivity contribution is -0.125. The number of halogens is 1. The summed E-state index contributed by atoms with van der Waals surface area (Å²) in [6.07, 6.45) is 4.41. The van der Waals surface area contributed by atoms with Crippen molar-refractivity contribution in [3.8, 4) is 11.6 Å². The summed E-state index contributed by atoms with van der Waals surface area (Å²) in [6.45, 7) is 2.02. The molecule has 0 radical (unpaired) electrons. The van der Waals surface area contributed by atoms with Gasteiger partial charge in [-0.1, -0.05) is 12.1 Å². The maximum Gasteiger partial charge on any atom is 0.224 e. The van der Waals surface area contributed by atoms with Gasteiger partial charge in [-0.25, -0.2) is 13.4 Å². The van der Waals surface area contributed by atoms with E-state index in [0.29, 0.717) is 18.2 Å². The molecule has 2 heterocycles.